The van der Waals surface area contributed by atoms with Crippen molar-refractivity contribution in [2.24, 2.45) is 0 Å². The van der Waals surface area contributed by atoms with Gasteiger partial charge in [-0.2, -0.15) is 0 Å². The smallest absolute Gasteiger partial charge is 0.262 e. The van der Waals surface area contributed by atoms with Crippen LogP contribution in [0.1, 0.15) is 20.7 Å². The molecule has 0 aromatic heterocycles. The third kappa shape index (κ3) is 3.87. The number of benzene rings is 3. The first-order valence-electron chi connectivity index (χ1n) is 7.99. The van der Waals surface area contributed by atoms with E-state index in [0.717, 1.165) is 11.8 Å². The SMILES string of the molecule is CN(C(=O)c1c(F)cccc1Cl)c1ccc(-c2cc(C=O)ccc2Cl)cc1. The van der Waals surface area contributed by atoms with Crippen LogP contribution in [-0.4, -0.2) is 19.2 Å². The topological polar surface area (TPSA) is 37.4 Å². The van der Waals surface area contributed by atoms with Gasteiger partial charge >= 0.3 is 0 Å². The van der Waals surface area contributed by atoms with Gasteiger partial charge in [0.15, 0.2) is 0 Å². The molecule has 136 valence electrons. The fraction of sp³-hybridized carbons (Fsp3) is 0.0476. The van der Waals surface area contributed by atoms with Crippen molar-refractivity contribution < 1.29 is 14.0 Å². The van der Waals surface area contributed by atoms with Crippen LogP contribution in [0, 0.1) is 5.82 Å². The van der Waals surface area contributed by atoms with Crippen LogP contribution < -0.4 is 4.90 Å². The number of rotatable bonds is 4. The molecule has 0 aliphatic carbocycles. The second-order valence-corrected chi connectivity index (χ2v) is 6.68. The number of hydrogen-bond donors (Lipinski definition) is 0. The van der Waals surface area contributed by atoms with Gasteiger partial charge in [0.1, 0.15) is 12.1 Å². The lowest BCUT2D eigenvalue weighted by Gasteiger charge is -2.19. The minimum Gasteiger partial charge on any atom is -0.311 e. The van der Waals surface area contributed by atoms with Crippen LogP contribution in [0.4, 0.5) is 10.1 Å². The molecule has 0 unspecified atom stereocenters. The quantitative estimate of drug-likeness (QED) is 0.511. The Morgan fingerprint density at radius 2 is 1.70 bits per heavy atom. The number of carbonyl (C=O) groups excluding carboxylic acids is 2. The minimum absolute atomic E-state index is 0.0564. The van der Waals surface area contributed by atoms with Crippen molar-refractivity contribution in [1.82, 2.24) is 0 Å². The first-order valence-corrected chi connectivity index (χ1v) is 8.75. The summed E-state index contributed by atoms with van der Waals surface area (Å²) in [6.07, 6.45) is 0.749. The third-order valence-corrected chi connectivity index (χ3v) is 4.82. The lowest BCUT2D eigenvalue weighted by atomic mass is 10.0. The van der Waals surface area contributed by atoms with Gasteiger partial charge in [0.25, 0.3) is 5.91 Å². The molecule has 3 aromatic rings. The fourth-order valence-corrected chi connectivity index (χ4v) is 3.16. The second kappa shape index (κ2) is 7.91. The normalized spacial score (nSPS) is 10.5. The predicted molar refractivity (Wildman–Crippen MR) is 106 cm³/mol. The van der Waals surface area contributed by atoms with E-state index >= 15 is 0 Å². The molecule has 0 aliphatic rings. The summed E-state index contributed by atoms with van der Waals surface area (Å²) < 4.78 is 14.0. The molecule has 3 rings (SSSR count). The van der Waals surface area contributed by atoms with Gasteiger partial charge in [-0.3, -0.25) is 9.59 Å². The Morgan fingerprint density at radius 3 is 2.33 bits per heavy atom. The van der Waals surface area contributed by atoms with Crippen LogP contribution in [0.2, 0.25) is 10.0 Å². The summed E-state index contributed by atoms with van der Waals surface area (Å²) in [5.74, 6) is -1.22. The zero-order chi connectivity index (χ0) is 19.6. The molecule has 0 saturated carbocycles. The van der Waals surface area contributed by atoms with E-state index in [-0.39, 0.29) is 10.6 Å². The number of hydrogen-bond acceptors (Lipinski definition) is 2. The molecule has 6 heteroatoms. The van der Waals surface area contributed by atoms with Gasteiger partial charge in [0.05, 0.1) is 10.6 Å². The maximum absolute atomic E-state index is 14.0. The minimum atomic E-state index is -0.673. The van der Waals surface area contributed by atoms with Gasteiger partial charge in [-0.15, -0.1) is 0 Å². The van der Waals surface area contributed by atoms with Crippen LogP contribution in [0.5, 0.6) is 0 Å². The highest BCUT2D eigenvalue weighted by molar-refractivity contribution is 6.34. The van der Waals surface area contributed by atoms with E-state index in [2.05, 4.69) is 0 Å². The molecule has 0 atom stereocenters. The second-order valence-electron chi connectivity index (χ2n) is 5.86. The van der Waals surface area contributed by atoms with Crippen molar-refractivity contribution in [3.05, 3.63) is 87.7 Å². The zero-order valence-corrected chi connectivity index (χ0v) is 15.8. The molecule has 3 nitrogen and oxygen atoms in total. The van der Waals surface area contributed by atoms with E-state index < -0.39 is 11.7 Å². The average Bonchev–Trinajstić information content (AvgIpc) is 2.67. The molecular weight excluding hydrogens is 388 g/mol. The molecule has 0 spiro atoms. The number of anilines is 1. The Balaban J connectivity index is 1.91. The summed E-state index contributed by atoms with van der Waals surface area (Å²) in [4.78, 5) is 24.9. The van der Waals surface area contributed by atoms with Crippen LogP contribution in [0.15, 0.2) is 60.7 Å². The molecule has 0 heterocycles. The van der Waals surface area contributed by atoms with E-state index in [4.69, 9.17) is 23.2 Å². The molecule has 0 bridgehead atoms. The van der Waals surface area contributed by atoms with Crippen LogP contribution >= 0.6 is 23.2 Å². The molecule has 27 heavy (non-hydrogen) atoms. The lowest BCUT2D eigenvalue weighted by Crippen LogP contribution is -2.27. The zero-order valence-electron chi connectivity index (χ0n) is 14.2. The van der Waals surface area contributed by atoms with E-state index in [1.165, 1.54) is 23.1 Å². The van der Waals surface area contributed by atoms with Crippen molar-refractivity contribution >= 4 is 41.1 Å². The van der Waals surface area contributed by atoms with Crippen molar-refractivity contribution in [2.75, 3.05) is 11.9 Å². The van der Waals surface area contributed by atoms with E-state index in [0.29, 0.717) is 21.8 Å². The van der Waals surface area contributed by atoms with Crippen LogP contribution in [-0.2, 0) is 0 Å². The number of carbonyl (C=O) groups is 2. The summed E-state index contributed by atoms with van der Waals surface area (Å²) in [6, 6.07) is 16.1. The number of nitrogens with zero attached hydrogens (tertiary/aromatic N) is 1. The Hall–Kier alpha value is -2.69. The van der Waals surface area contributed by atoms with Gasteiger partial charge < -0.3 is 4.90 Å². The molecular formula is C21H14Cl2FNO2. The van der Waals surface area contributed by atoms with Crippen LogP contribution in [0.3, 0.4) is 0 Å². The molecule has 0 saturated heterocycles. The van der Waals surface area contributed by atoms with Crippen molar-refractivity contribution in [3.8, 4) is 11.1 Å². The fourth-order valence-electron chi connectivity index (χ4n) is 2.69. The first kappa shape index (κ1) is 19.1. The Bertz CT molecular complexity index is 999. The maximum atomic E-state index is 14.0. The highest BCUT2D eigenvalue weighted by atomic mass is 35.5. The summed E-state index contributed by atoms with van der Waals surface area (Å²) in [5, 5.41) is 0.567. The van der Waals surface area contributed by atoms with E-state index in [1.54, 1.807) is 49.5 Å². The number of halogens is 3. The molecule has 0 fully saturated rings. The summed E-state index contributed by atoms with van der Waals surface area (Å²) in [6.45, 7) is 0. The number of aldehydes is 1. The predicted octanol–water partition coefficient (Wildman–Crippen LogP) is 5.89. The van der Waals surface area contributed by atoms with Crippen molar-refractivity contribution in [2.45, 2.75) is 0 Å². The van der Waals surface area contributed by atoms with Crippen molar-refractivity contribution in [3.63, 3.8) is 0 Å². The summed E-state index contributed by atoms with van der Waals surface area (Å²) in [7, 11) is 1.54. The van der Waals surface area contributed by atoms with Crippen molar-refractivity contribution in [1.29, 1.82) is 0 Å². The summed E-state index contributed by atoms with van der Waals surface area (Å²) in [5.41, 5.74) is 2.40. The first-order chi connectivity index (χ1) is 12.9. The van der Waals surface area contributed by atoms with Gasteiger partial charge in [-0.05, 0) is 42.0 Å². The largest absolute Gasteiger partial charge is 0.311 e. The maximum Gasteiger partial charge on any atom is 0.262 e. The molecule has 0 radical (unpaired) electrons. The Morgan fingerprint density at radius 1 is 1.00 bits per heavy atom. The Labute approximate surface area is 165 Å². The van der Waals surface area contributed by atoms with Gasteiger partial charge in [0.2, 0.25) is 0 Å². The molecule has 0 N–H and O–H groups in total. The number of amides is 1. The monoisotopic (exact) mass is 401 g/mol. The highest BCUT2D eigenvalue weighted by Gasteiger charge is 2.20. The standard InChI is InChI=1S/C21H14Cl2FNO2/c1-25(21(27)20-18(23)3-2-4-19(20)24)15-8-6-14(7-9-15)16-11-13(12-26)5-10-17(16)22/h2-12H,1H3. The average molecular weight is 402 g/mol. The molecule has 0 aliphatic heterocycles. The highest BCUT2D eigenvalue weighted by Crippen LogP contribution is 2.31. The van der Waals surface area contributed by atoms with Gasteiger partial charge in [-0.25, -0.2) is 4.39 Å². The summed E-state index contributed by atoms with van der Waals surface area (Å²) >= 11 is 12.2. The van der Waals surface area contributed by atoms with Crippen LogP contribution in [0.25, 0.3) is 11.1 Å². The van der Waals surface area contributed by atoms with Gasteiger partial charge in [-0.1, -0.05) is 47.5 Å². The molecule has 1 amide bonds. The molecule has 3 aromatic carbocycles. The lowest BCUT2D eigenvalue weighted by molar-refractivity contribution is 0.0989. The Kier molecular flexibility index (Phi) is 5.59. The van der Waals surface area contributed by atoms with E-state index in [9.17, 15) is 14.0 Å². The van der Waals surface area contributed by atoms with E-state index in [1.807, 2.05) is 0 Å². The van der Waals surface area contributed by atoms with Gasteiger partial charge in [0, 0.05) is 28.9 Å². The third-order valence-electron chi connectivity index (χ3n) is 4.17.